The SMILES string of the molecule is Cc1cc(Cl)cc([C@@H](N)[C@@H](O)C2CC2)c1O. The van der Waals surface area contributed by atoms with E-state index in [1.807, 2.05) is 0 Å². The Balaban J connectivity index is 2.31. The van der Waals surface area contributed by atoms with Crippen LogP contribution in [0.1, 0.15) is 30.0 Å². The minimum atomic E-state index is -0.594. The molecule has 88 valence electrons. The minimum absolute atomic E-state index is 0.136. The zero-order valence-corrected chi connectivity index (χ0v) is 9.91. The van der Waals surface area contributed by atoms with Crippen molar-refractivity contribution in [3.05, 3.63) is 28.3 Å². The fourth-order valence-electron chi connectivity index (χ4n) is 1.93. The summed E-state index contributed by atoms with van der Waals surface area (Å²) in [5, 5.41) is 20.4. The van der Waals surface area contributed by atoms with Crippen LogP contribution in [0.5, 0.6) is 5.75 Å². The second-order valence-electron chi connectivity index (χ2n) is 4.51. The van der Waals surface area contributed by atoms with Gasteiger partial charge < -0.3 is 15.9 Å². The van der Waals surface area contributed by atoms with Gasteiger partial charge in [-0.2, -0.15) is 0 Å². The third-order valence-corrected chi connectivity index (χ3v) is 3.35. The molecule has 0 spiro atoms. The molecule has 0 unspecified atom stereocenters. The van der Waals surface area contributed by atoms with Gasteiger partial charge in [0.2, 0.25) is 0 Å². The van der Waals surface area contributed by atoms with E-state index in [9.17, 15) is 10.2 Å². The maximum Gasteiger partial charge on any atom is 0.123 e. The van der Waals surface area contributed by atoms with Crippen molar-refractivity contribution < 1.29 is 10.2 Å². The molecule has 1 aromatic rings. The van der Waals surface area contributed by atoms with E-state index in [0.717, 1.165) is 12.8 Å². The summed E-state index contributed by atoms with van der Waals surface area (Å²) in [5.41, 5.74) is 7.16. The highest BCUT2D eigenvalue weighted by Gasteiger charge is 2.35. The summed E-state index contributed by atoms with van der Waals surface area (Å²) >= 11 is 5.92. The van der Waals surface area contributed by atoms with Gasteiger partial charge in [-0.3, -0.25) is 0 Å². The lowest BCUT2D eigenvalue weighted by molar-refractivity contribution is 0.121. The van der Waals surface area contributed by atoms with Crippen molar-refractivity contribution in [1.29, 1.82) is 0 Å². The lowest BCUT2D eigenvalue weighted by Gasteiger charge is -2.20. The zero-order chi connectivity index (χ0) is 11.9. The number of halogens is 1. The van der Waals surface area contributed by atoms with Crippen LogP contribution in [0.15, 0.2) is 12.1 Å². The Bertz CT molecular complexity index is 404. The monoisotopic (exact) mass is 241 g/mol. The molecular weight excluding hydrogens is 226 g/mol. The van der Waals surface area contributed by atoms with Crippen molar-refractivity contribution >= 4 is 11.6 Å². The summed E-state index contributed by atoms with van der Waals surface area (Å²) in [7, 11) is 0. The molecule has 1 fully saturated rings. The van der Waals surface area contributed by atoms with Gasteiger partial charge in [-0.05, 0) is 43.4 Å². The van der Waals surface area contributed by atoms with Crippen LogP contribution in [0.4, 0.5) is 0 Å². The van der Waals surface area contributed by atoms with Crippen molar-refractivity contribution in [2.24, 2.45) is 11.7 Å². The largest absolute Gasteiger partial charge is 0.507 e. The van der Waals surface area contributed by atoms with E-state index in [-0.39, 0.29) is 11.7 Å². The van der Waals surface area contributed by atoms with E-state index >= 15 is 0 Å². The number of phenols is 1. The standard InChI is InChI=1S/C12H16ClNO2/c1-6-4-8(13)5-9(11(6)15)10(14)12(16)7-2-3-7/h4-5,7,10,12,15-16H,2-3,14H2,1H3/t10-,12+/m1/s1. The molecular formula is C12H16ClNO2. The van der Waals surface area contributed by atoms with E-state index in [1.54, 1.807) is 19.1 Å². The summed E-state index contributed by atoms with van der Waals surface area (Å²) < 4.78 is 0. The number of aliphatic hydroxyl groups excluding tert-OH is 1. The van der Waals surface area contributed by atoms with Crippen LogP contribution in [0.25, 0.3) is 0 Å². The number of nitrogens with two attached hydrogens (primary N) is 1. The van der Waals surface area contributed by atoms with Crippen molar-refractivity contribution in [1.82, 2.24) is 0 Å². The lowest BCUT2D eigenvalue weighted by atomic mass is 9.96. The number of aromatic hydroxyl groups is 1. The molecule has 16 heavy (non-hydrogen) atoms. The second kappa shape index (κ2) is 4.24. The van der Waals surface area contributed by atoms with E-state index in [2.05, 4.69) is 0 Å². The number of phenolic OH excluding ortho intramolecular Hbond substituents is 1. The Hall–Kier alpha value is -0.770. The molecule has 3 nitrogen and oxygen atoms in total. The summed E-state index contributed by atoms with van der Waals surface area (Å²) in [6, 6.07) is 2.74. The van der Waals surface area contributed by atoms with Crippen molar-refractivity contribution in [2.75, 3.05) is 0 Å². The second-order valence-corrected chi connectivity index (χ2v) is 4.95. The van der Waals surface area contributed by atoms with E-state index in [1.165, 1.54) is 0 Å². The summed E-state index contributed by atoms with van der Waals surface area (Å²) in [4.78, 5) is 0. The molecule has 1 aliphatic carbocycles. The van der Waals surface area contributed by atoms with Crippen LogP contribution in [-0.2, 0) is 0 Å². The quantitative estimate of drug-likeness (QED) is 0.760. The molecule has 1 aliphatic rings. The molecule has 2 atom stereocenters. The van der Waals surface area contributed by atoms with Crippen LogP contribution < -0.4 is 5.73 Å². The summed E-state index contributed by atoms with van der Waals surface area (Å²) in [6.07, 6.45) is 1.42. The average molecular weight is 242 g/mol. The highest BCUT2D eigenvalue weighted by Crippen LogP contribution is 2.40. The molecule has 0 radical (unpaired) electrons. The normalized spacial score (nSPS) is 19.5. The Labute approximate surface area is 99.8 Å². The Morgan fingerprint density at radius 3 is 2.62 bits per heavy atom. The average Bonchev–Trinajstić information content (AvgIpc) is 3.05. The highest BCUT2D eigenvalue weighted by atomic mass is 35.5. The molecule has 2 rings (SSSR count). The van der Waals surface area contributed by atoms with E-state index < -0.39 is 12.1 Å². The van der Waals surface area contributed by atoms with Gasteiger partial charge in [0.25, 0.3) is 0 Å². The molecule has 0 bridgehead atoms. The Morgan fingerprint density at radius 2 is 2.06 bits per heavy atom. The number of aryl methyl sites for hydroxylation is 1. The lowest BCUT2D eigenvalue weighted by Crippen LogP contribution is -2.28. The van der Waals surface area contributed by atoms with Crippen LogP contribution in [0.2, 0.25) is 5.02 Å². The molecule has 0 saturated heterocycles. The van der Waals surface area contributed by atoms with Gasteiger partial charge in [0.1, 0.15) is 5.75 Å². The highest BCUT2D eigenvalue weighted by molar-refractivity contribution is 6.30. The first kappa shape index (κ1) is 11.7. The van der Waals surface area contributed by atoms with Gasteiger partial charge >= 0.3 is 0 Å². The Kier molecular flexibility index (Phi) is 3.10. The first-order chi connectivity index (χ1) is 7.50. The van der Waals surface area contributed by atoms with E-state index in [4.69, 9.17) is 17.3 Å². The molecule has 0 aliphatic heterocycles. The van der Waals surface area contributed by atoms with Gasteiger partial charge in [-0.25, -0.2) is 0 Å². The predicted octanol–water partition coefficient (Wildman–Crippen LogP) is 2.12. The van der Waals surface area contributed by atoms with Gasteiger partial charge in [0.05, 0.1) is 12.1 Å². The van der Waals surface area contributed by atoms with Crippen molar-refractivity contribution in [3.8, 4) is 5.75 Å². The van der Waals surface area contributed by atoms with Gasteiger partial charge in [0, 0.05) is 10.6 Å². The fourth-order valence-corrected chi connectivity index (χ4v) is 2.21. The first-order valence-corrected chi connectivity index (χ1v) is 5.81. The number of hydrogen-bond acceptors (Lipinski definition) is 3. The van der Waals surface area contributed by atoms with Gasteiger partial charge in [0.15, 0.2) is 0 Å². The van der Waals surface area contributed by atoms with Crippen molar-refractivity contribution in [2.45, 2.75) is 31.9 Å². The number of hydrogen-bond donors (Lipinski definition) is 3. The Morgan fingerprint density at radius 1 is 1.44 bits per heavy atom. The maximum atomic E-state index is 9.94. The maximum absolute atomic E-state index is 9.94. The predicted molar refractivity (Wildman–Crippen MR) is 63.5 cm³/mol. The van der Waals surface area contributed by atoms with E-state index in [0.29, 0.717) is 16.1 Å². The van der Waals surface area contributed by atoms with Crippen molar-refractivity contribution in [3.63, 3.8) is 0 Å². The summed E-state index contributed by atoms with van der Waals surface area (Å²) in [6.45, 7) is 1.76. The molecule has 1 aromatic carbocycles. The molecule has 1 saturated carbocycles. The molecule has 0 amide bonds. The number of aliphatic hydroxyl groups is 1. The minimum Gasteiger partial charge on any atom is -0.507 e. The molecule has 4 heteroatoms. The fraction of sp³-hybridized carbons (Fsp3) is 0.500. The van der Waals surface area contributed by atoms with Crippen LogP contribution in [0, 0.1) is 12.8 Å². The van der Waals surface area contributed by atoms with Crippen LogP contribution >= 0.6 is 11.6 Å². The first-order valence-electron chi connectivity index (χ1n) is 5.43. The summed E-state index contributed by atoms with van der Waals surface area (Å²) in [5.74, 6) is 0.408. The van der Waals surface area contributed by atoms with Crippen LogP contribution in [-0.4, -0.2) is 16.3 Å². The third-order valence-electron chi connectivity index (χ3n) is 3.13. The van der Waals surface area contributed by atoms with Gasteiger partial charge in [-0.15, -0.1) is 0 Å². The topological polar surface area (TPSA) is 66.5 Å². The molecule has 0 aromatic heterocycles. The van der Waals surface area contributed by atoms with Gasteiger partial charge in [-0.1, -0.05) is 11.6 Å². The molecule has 0 heterocycles. The zero-order valence-electron chi connectivity index (χ0n) is 9.15. The number of benzene rings is 1. The smallest absolute Gasteiger partial charge is 0.123 e. The number of rotatable bonds is 3. The molecule has 4 N–H and O–H groups in total. The third kappa shape index (κ3) is 2.17. The van der Waals surface area contributed by atoms with Crippen LogP contribution in [0.3, 0.4) is 0 Å².